The number of esters is 1. The van der Waals surface area contributed by atoms with Crippen LogP contribution in [-0.4, -0.2) is 37.0 Å². The summed E-state index contributed by atoms with van der Waals surface area (Å²) in [5, 5.41) is 11.4. The lowest BCUT2D eigenvalue weighted by atomic mass is 9.94. The molecule has 1 aliphatic rings. The van der Waals surface area contributed by atoms with Crippen molar-refractivity contribution in [3.05, 3.63) is 88.5 Å². The van der Waals surface area contributed by atoms with Gasteiger partial charge in [-0.05, 0) is 66.9 Å². The van der Waals surface area contributed by atoms with Gasteiger partial charge in [0.1, 0.15) is 23.0 Å². The number of carbonyl (C=O) groups excluding carboxylic acids is 3. The molecule has 8 heteroatoms. The van der Waals surface area contributed by atoms with Gasteiger partial charge in [0.05, 0.1) is 31.4 Å². The van der Waals surface area contributed by atoms with Crippen molar-refractivity contribution in [1.82, 2.24) is 0 Å². The van der Waals surface area contributed by atoms with E-state index in [9.17, 15) is 19.5 Å². The van der Waals surface area contributed by atoms with Gasteiger partial charge in [0.15, 0.2) is 0 Å². The van der Waals surface area contributed by atoms with Crippen LogP contribution in [0.25, 0.3) is 5.76 Å². The molecule has 4 rings (SSSR count). The van der Waals surface area contributed by atoms with Crippen molar-refractivity contribution in [2.24, 2.45) is 0 Å². The molecule has 0 saturated carbocycles. The van der Waals surface area contributed by atoms with Gasteiger partial charge in [0, 0.05) is 18.7 Å². The number of hydrogen-bond donors (Lipinski definition) is 1. The molecule has 0 radical (unpaired) electrons. The molecule has 1 amide bonds. The summed E-state index contributed by atoms with van der Waals surface area (Å²) in [7, 11) is 2.94. The lowest BCUT2D eigenvalue weighted by Crippen LogP contribution is -2.29. The van der Waals surface area contributed by atoms with Crippen LogP contribution in [0.4, 0.5) is 5.69 Å². The molecule has 0 spiro atoms. The van der Waals surface area contributed by atoms with Gasteiger partial charge < -0.3 is 19.3 Å². The summed E-state index contributed by atoms with van der Waals surface area (Å²) < 4.78 is 15.8. The zero-order chi connectivity index (χ0) is 26.9. The number of ketones is 1. The number of amides is 1. The molecule has 1 unspecified atom stereocenters. The monoisotopic (exact) mass is 501 g/mol. The van der Waals surface area contributed by atoms with Crippen LogP contribution in [0.5, 0.6) is 17.2 Å². The Morgan fingerprint density at radius 1 is 0.865 bits per heavy atom. The number of benzene rings is 3. The smallest absolute Gasteiger partial charge is 0.308 e. The minimum Gasteiger partial charge on any atom is -0.507 e. The number of aliphatic hydroxyl groups excluding tert-OH is 1. The van der Waals surface area contributed by atoms with Gasteiger partial charge in [-0.3, -0.25) is 19.3 Å². The predicted octanol–water partition coefficient (Wildman–Crippen LogP) is 4.87. The molecule has 8 nitrogen and oxygen atoms in total. The molecular weight excluding hydrogens is 474 g/mol. The van der Waals surface area contributed by atoms with E-state index in [0.29, 0.717) is 22.7 Å². The molecule has 1 heterocycles. The second-order valence-electron chi connectivity index (χ2n) is 8.67. The van der Waals surface area contributed by atoms with E-state index in [1.165, 1.54) is 26.0 Å². The summed E-state index contributed by atoms with van der Waals surface area (Å²) in [5.41, 5.74) is 3.18. The van der Waals surface area contributed by atoms with Crippen molar-refractivity contribution < 1.29 is 33.7 Å². The first-order valence-electron chi connectivity index (χ1n) is 11.5. The maximum Gasteiger partial charge on any atom is 0.308 e. The molecule has 1 saturated heterocycles. The van der Waals surface area contributed by atoms with E-state index >= 15 is 0 Å². The van der Waals surface area contributed by atoms with Gasteiger partial charge in [-0.15, -0.1) is 0 Å². The van der Waals surface area contributed by atoms with Gasteiger partial charge in [-0.1, -0.05) is 18.2 Å². The number of Topliss-reactive ketones (excluding diaryl/α,β-unsaturated/α-hetero) is 1. The van der Waals surface area contributed by atoms with Crippen LogP contribution in [-0.2, 0) is 14.4 Å². The Morgan fingerprint density at radius 2 is 1.54 bits per heavy atom. The Labute approximate surface area is 214 Å². The largest absolute Gasteiger partial charge is 0.507 e. The second-order valence-corrected chi connectivity index (χ2v) is 8.67. The number of carbonyl (C=O) groups is 3. The molecule has 0 aromatic heterocycles. The maximum atomic E-state index is 13.4. The molecule has 0 aliphatic carbocycles. The van der Waals surface area contributed by atoms with Crippen LogP contribution in [0.15, 0.2) is 66.2 Å². The Morgan fingerprint density at radius 3 is 2.14 bits per heavy atom. The molecule has 1 fully saturated rings. The Balaban J connectivity index is 1.94. The number of anilines is 1. The number of methoxy groups -OCH3 is 2. The predicted molar refractivity (Wildman–Crippen MR) is 138 cm³/mol. The van der Waals surface area contributed by atoms with Gasteiger partial charge in [-0.2, -0.15) is 0 Å². The van der Waals surface area contributed by atoms with E-state index in [0.717, 1.165) is 11.1 Å². The molecule has 3 aromatic rings. The van der Waals surface area contributed by atoms with E-state index in [1.54, 1.807) is 48.5 Å². The van der Waals surface area contributed by atoms with Gasteiger partial charge in [-0.25, -0.2) is 0 Å². The fraction of sp³-hybridized carbons (Fsp3) is 0.207. The molecule has 3 aromatic carbocycles. The summed E-state index contributed by atoms with van der Waals surface area (Å²) in [5.74, 6) is -1.36. The Hall–Kier alpha value is -4.59. The third-order valence-corrected chi connectivity index (χ3v) is 6.33. The average Bonchev–Trinajstić information content (AvgIpc) is 3.15. The van der Waals surface area contributed by atoms with Gasteiger partial charge >= 0.3 is 5.97 Å². The highest BCUT2D eigenvalue weighted by molar-refractivity contribution is 6.51. The van der Waals surface area contributed by atoms with Gasteiger partial charge in [0.25, 0.3) is 11.7 Å². The minimum atomic E-state index is -0.944. The van der Waals surface area contributed by atoms with Crippen molar-refractivity contribution in [3.8, 4) is 17.2 Å². The van der Waals surface area contributed by atoms with Gasteiger partial charge in [0.2, 0.25) is 0 Å². The number of aliphatic hydroxyl groups is 1. The van der Waals surface area contributed by atoms with Crippen LogP contribution in [0.1, 0.15) is 35.2 Å². The molecule has 190 valence electrons. The fourth-order valence-corrected chi connectivity index (χ4v) is 4.31. The molecule has 1 aliphatic heterocycles. The second kappa shape index (κ2) is 10.2. The summed E-state index contributed by atoms with van der Waals surface area (Å²) in [6.45, 7) is 5.17. The van der Waals surface area contributed by atoms with Crippen LogP contribution >= 0.6 is 0 Å². The Bertz CT molecular complexity index is 1420. The van der Waals surface area contributed by atoms with Crippen molar-refractivity contribution >= 4 is 29.1 Å². The van der Waals surface area contributed by atoms with Crippen LogP contribution in [0.3, 0.4) is 0 Å². The minimum absolute atomic E-state index is 0.0908. The first-order chi connectivity index (χ1) is 17.7. The first-order valence-corrected chi connectivity index (χ1v) is 11.5. The highest BCUT2D eigenvalue weighted by Crippen LogP contribution is 2.44. The van der Waals surface area contributed by atoms with E-state index in [2.05, 4.69) is 0 Å². The lowest BCUT2D eigenvalue weighted by Gasteiger charge is -2.26. The van der Waals surface area contributed by atoms with Crippen molar-refractivity contribution in [3.63, 3.8) is 0 Å². The van der Waals surface area contributed by atoms with E-state index < -0.39 is 23.7 Å². The molecule has 1 N–H and O–H groups in total. The SMILES string of the molecule is COc1ccc(/C(O)=C2/C(=O)C(=O)N(c3ccc(C)c(C)c3)C2c2ccc(OC(C)=O)cc2)c(OC)c1. The average molecular weight is 502 g/mol. The third-order valence-electron chi connectivity index (χ3n) is 6.33. The van der Waals surface area contributed by atoms with E-state index in [1.807, 2.05) is 26.0 Å². The summed E-state index contributed by atoms with van der Waals surface area (Å²) >= 11 is 0. The van der Waals surface area contributed by atoms with Crippen LogP contribution in [0.2, 0.25) is 0 Å². The summed E-state index contributed by atoms with van der Waals surface area (Å²) in [6.07, 6.45) is 0. The van der Waals surface area contributed by atoms with Crippen molar-refractivity contribution in [1.29, 1.82) is 0 Å². The van der Waals surface area contributed by atoms with Crippen LogP contribution < -0.4 is 19.1 Å². The number of ether oxygens (including phenoxy) is 3. The highest BCUT2D eigenvalue weighted by Gasteiger charge is 2.47. The zero-order valence-corrected chi connectivity index (χ0v) is 21.2. The quantitative estimate of drug-likeness (QED) is 0.169. The number of nitrogens with zero attached hydrogens (tertiary/aromatic N) is 1. The van der Waals surface area contributed by atoms with E-state index in [-0.39, 0.29) is 22.6 Å². The van der Waals surface area contributed by atoms with Crippen molar-refractivity contribution in [2.75, 3.05) is 19.1 Å². The first kappa shape index (κ1) is 25.5. The van der Waals surface area contributed by atoms with Crippen molar-refractivity contribution in [2.45, 2.75) is 26.8 Å². The molecular formula is C29H27NO7. The zero-order valence-electron chi connectivity index (χ0n) is 21.2. The molecule has 1 atom stereocenters. The normalized spacial score (nSPS) is 16.6. The number of aryl methyl sites for hydroxylation is 2. The lowest BCUT2D eigenvalue weighted by molar-refractivity contribution is -0.132. The topological polar surface area (TPSA) is 102 Å². The van der Waals surface area contributed by atoms with Crippen LogP contribution in [0, 0.1) is 13.8 Å². The summed E-state index contributed by atoms with van der Waals surface area (Å²) in [6, 6.07) is 15.8. The fourth-order valence-electron chi connectivity index (χ4n) is 4.31. The molecule has 37 heavy (non-hydrogen) atoms. The third kappa shape index (κ3) is 4.78. The standard InChI is InChI=1S/C29H27NO7/c1-16-6-9-20(14-17(16)2)30-26(19-7-10-21(11-8-19)37-18(3)31)25(28(33)29(30)34)27(32)23-13-12-22(35-4)15-24(23)36-5/h6-15,26,32H,1-5H3/b27-25-. The number of hydrogen-bond acceptors (Lipinski definition) is 7. The summed E-state index contributed by atoms with van der Waals surface area (Å²) in [4.78, 5) is 39.6. The highest BCUT2D eigenvalue weighted by atomic mass is 16.5. The van der Waals surface area contributed by atoms with E-state index in [4.69, 9.17) is 14.2 Å². The Kier molecular flexibility index (Phi) is 7.02. The molecule has 0 bridgehead atoms. The maximum absolute atomic E-state index is 13.4. The number of rotatable bonds is 6.